The number of Topliss-reactive ketones (excluding diaryl/α,β-unsaturated/α-hetero) is 3. The molecule has 0 radical (unpaired) electrons. The fraction of sp³-hybridized carbons (Fsp3) is 0.448. The Morgan fingerprint density at radius 1 is 1.08 bits per heavy atom. The lowest BCUT2D eigenvalue weighted by Crippen LogP contribution is -2.75. The molecule has 10 nitrogen and oxygen atoms in total. The first kappa shape index (κ1) is 27.0. The molecule has 5 N–H and O–H groups in total. The molecule has 0 spiro atoms. The Kier molecular flexibility index (Phi) is 6.40. The quantitative estimate of drug-likeness (QED) is 0.406. The number of anilines is 1. The second-order valence-corrected chi connectivity index (χ2v) is 11.4. The van der Waals surface area contributed by atoms with Crippen LogP contribution in [0, 0.1) is 23.7 Å². The van der Waals surface area contributed by atoms with E-state index in [1.54, 1.807) is 14.1 Å². The summed E-state index contributed by atoms with van der Waals surface area (Å²) in [5, 5.41) is 34.8. The van der Waals surface area contributed by atoms with Crippen LogP contribution in [0.1, 0.15) is 22.3 Å². The first-order valence-corrected chi connectivity index (χ1v) is 12.9. The van der Waals surface area contributed by atoms with Gasteiger partial charge in [0.25, 0.3) is 0 Å². The Bertz CT molecular complexity index is 1390. The molecular formula is C29H33N3O7. The summed E-state index contributed by atoms with van der Waals surface area (Å²) in [6, 6.07) is 9.83. The van der Waals surface area contributed by atoms with Gasteiger partial charge in [-0.1, -0.05) is 30.3 Å². The Morgan fingerprint density at radius 2 is 1.72 bits per heavy atom. The first-order valence-electron chi connectivity index (χ1n) is 12.9. The summed E-state index contributed by atoms with van der Waals surface area (Å²) in [6.07, 6.45) is -1.56. The highest BCUT2D eigenvalue weighted by Crippen LogP contribution is 2.54. The van der Waals surface area contributed by atoms with Gasteiger partial charge >= 0.3 is 0 Å². The number of aliphatic hydroxyl groups is 2. The monoisotopic (exact) mass is 535 g/mol. The average molecular weight is 536 g/mol. The number of carbonyl (C=O) groups is 4. The summed E-state index contributed by atoms with van der Waals surface area (Å²) in [4.78, 5) is 56.4. The van der Waals surface area contributed by atoms with E-state index in [4.69, 9.17) is 5.73 Å². The zero-order valence-electron chi connectivity index (χ0n) is 22.3. The molecule has 2 aromatic rings. The molecule has 10 heteroatoms. The fourth-order valence-electron chi connectivity index (χ4n) is 7.12. The third kappa shape index (κ3) is 3.73. The number of ketones is 3. The Morgan fingerprint density at radius 3 is 2.28 bits per heavy atom. The van der Waals surface area contributed by atoms with Crippen LogP contribution in [0.5, 0.6) is 5.75 Å². The van der Waals surface area contributed by atoms with Gasteiger partial charge in [-0.2, -0.15) is 0 Å². The Hall–Kier alpha value is -3.60. The van der Waals surface area contributed by atoms with Gasteiger partial charge in [0, 0.05) is 31.3 Å². The summed E-state index contributed by atoms with van der Waals surface area (Å²) in [6.45, 7) is 0. The molecule has 2 fully saturated rings. The minimum absolute atomic E-state index is 0.0392. The van der Waals surface area contributed by atoms with E-state index in [9.17, 15) is 34.5 Å². The number of carbonyl (C=O) groups excluding carboxylic acids is 4. The summed E-state index contributed by atoms with van der Waals surface area (Å²) < 4.78 is 0. The third-order valence-electron chi connectivity index (χ3n) is 8.84. The van der Waals surface area contributed by atoms with Gasteiger partial charge in [0.2, 0.25) is 5.91 Å². The normalized spacial score (nSPS) is 31.9. The maximum absolute atomic E-state index is 14.1. The molecule has 2 aromatic carbocycles. The second kappa shape index (κ2) is 9.25. The van der Waals surface area contributed by atoms with E-state index < -0.39 is 64.7 Å². The van der Waals surface area contributed by atoms with Crippen molar-refractivity contribution in [2.24, 2.45) is 29.4 Å². The molecule has 7 atom stereocenters. The molecule has 0 heterocycles. The molecule has 3 aliphatic carbocycles. The van der Waals surface area contributed by atoms with Gasteiger partial charge in [0.05, 0.1) is 17.5 Å². The fourth-order valence-corrected chi connectivity index (χ4v) is 7.12. The lowest BCUT2D eigenvalue weighted by atomic mass is 9.51. The Labute approximate surface area is 226 Å². The van der Waals surface area contributed by atoms with E-state index >= 15 is 0 Å². The molecule has 1 amide bonds. The van der Waals surface area contributed by atoms with Gasteiger partial charge in [-0.15, -0.1) is 0 Å². The summed E-state index contributed by atoms with van der Waals surface area (Å²) in [5.74, 6) is -8.71. The van der Waals surface area contributed by atoms with Crippen LogP contribution in [0.2, 0.25) is 0 Å². The molecule has 5 rings (SSSR count). The molecule has 0 saturated heterocycles. The van der Waals surface area contributed by atoms with Crippen LogP contribution >= 0.6 is 0 Å². The summed E-state index contributed by atoms with van der Waals surface area (Å²) >= 11 is 0. The van der Waals surface area contributed by atoms with Gasteiger partial charge in [0.1, 0.15) is 11.9 Å². The predicted octanol–water partition coefficient (Wildman–Crippen LogP) is 0.392. The highest BCUT2D eigenvalue weighted by Gasteiger charge is 2.69. The number of nitrogens with two attached hydrogens (primary N) is 1. The van der Waals surface area contributed by atoms with Crippen molar-refractivity contribution in [2.75, 3.05) is 33.1 Å². The topological polar surface area (TPSA) is 161 Å². The number of amides is 1. The van der Waals surface area contributed by atoms with Crippen molar-refractivity contribution in [3.05, 3.63) is 47.5 Å². The van der Waals surface area contributed by atoms with E-state index in [0.29, 0.717) is 16.7 Å². The van der Waals surface area contributed by atoms with Gasteiger partial charge in [-0.25, -0.2) is 0 Å². The van der Waals surface area contributed by atoms with Crippen LogP contribution in [0.15, 0.2) is 36.4 Å². The number of hydrogen-bond donors (Lipinski definition) is 4. The number of phenolic OH excluding ortho intramolecular Hbond substituents is 1. The highest BCUT2D eigenvalue weighted by atomic mass is 16.4. The molecule has 0 bridgehead atoms. The van der Waals surface area contributed by atoms with Gasteiger partial charge in [-0.05, 0) is 50.0 Å². The SMILES string of the molecule is CN(C)c1cc(-c2ccccc2)c(O)c2c1C[C@H]1C[C@H]3[C@H](N(C)C)C(=O)C(C(N)=O)C(=O)[C@@]3(O)C(O)C1C2=O. The molecule has 39 heavy (non-hydrogen) atoms. The van der Waals surface area contributed by atoms with Crippen LogP contribution in [-0.2, 0) is 20.8 Å². The van der Waals surface area contributed by atoms with Crippen molar-refractivity contribution in [2.45, 2.75) is 30.6 Å². The zero-order chi connectivity index (χ0) is 28.5. The number of hydrogen-bond acceptors (Lipinski definition) is 9. The summed E-state index contributed by atoms with van der Waals surface area (Å²) in [7, 11) is 6.84. The number of likely N-dealkylation sites (N-methyl/N-ethyl adjacent to an activating group) is 1. The molecular weight excluding hydrogens is 502 g/mol. The van der Waals surface area contributed by atoms with E-state index in [-0.39, 0.29) is 24.2 Å². The van der Waals surface area contributed by atoms with Crippen molar-refractivity contribution in [3.8, 4) is 16.9 Å². The summed E-state index contributed by atoms with van der Waals surface area (Å²) in [5.41, 5.74) is 5.34. The van der Waals surface area contributed by atoms with Crippen molar-refractivity contribution in [1.82, 2.24) is 4.90 Å². The van der Waals surface area contributed by atoms with Crippen LogP contribution in [0.4, 0.5) is 5.69 Å². The van der Waals surface area contributed by atoms with E-state index in [2.05, 4.69) is 0 Å². The second-order valence-electron chi connectivity index (χ2n) is 11.4. The minimum Gasteiger partial charge on any atom is -0.507 e. The molecule has 206 valence electrons. The highest BCUT2D eigenvalue weighted by molar-refractivity contribution is 6.24. The maximum Gasteiger partial charge on any atom is 0.235 e. The number of aliphatic hydroxyl groups excluding tert-OH is 1. The molecule has 0 aliphatic heterocycles. The van der Waals surface area contributed by atoms with Crippen LogP contribution in [0.25, 0.3) is 11.1 Å². The van der Waals surface area contributed by atoms with Crippen LogP contribution in [0.3, 0.4) is 0 Å². The number of benzene rings is 2. The number of nitrogens with zero attached hydrogens (tertiary/aromatic N) is 2. The number of primary amides is 1. The zero-order valence-corrected chi connectivity index (χ0v) is 22.3. The number of rotatable bonds is 4. The maximum atomic E-state index is 14.1. The number of phenols is 1. The Balaban J connectivity index is 1.69. The van der Waals surface area contributed by atoms with Crippen LogP contribution in [-0.4, -0.2) is 89.4 Å². The molecule has 2 saturated carbocycles. The lowest BCUT2D eigenvalue weighted by Gasteiger charge is -2.56. The van der Waals surface area contributed by atoms with Gasteiger partial charge in [0.15, 0.2) is 28.9 Å². The number of aromatic hydroxyl groups is 1. The van der Waals surface area contributed by atoms with Crippen molar-refractivity contribution in [1.29, 1.82) is 0 Å². The van der Waals surface area contributed by atoms with E-state index in [1.165, 1.54) is 4.90 Å². The van der Waals surface area contributed by atoms with Gasteiger partial charge in [-0.3, -0.25) is 24.1 Å². The smallest absolute Gasteiger partial charge is 0.235 e. The van der Waals surface area contributed by atoms with Crippen molar-refractivity contribution < 1.29 is 34.5 Å². The molecule has 0 aromatic heterocycles. The van der Waals surface area contributed by atoms with E-state index in [1.807, 2.05) is 55.4 Å². The largest absolute Gasteiger partial charge is 0.507 e. The minimum atomic E-state index is -2.55. The first-order chi connectivity index (χ1) is 18.3. The standard InChI is InChI=1S/C29H33N3O7/c1-31(2)18-12-15(13-8-6-5-7-9-13)23(33)20-16(18)10-14-11-17-22(32(3)4)25(35)21(28(30)38)27(37)29(17,39)26(36)19(14)24(20)34/h5-9,12,14,17,19,21-22,26,33,36,39H,10-11H2,1-4H3,(H2,30,38)/t14-,17-,19?,21?,22-,26?,29-/m0/s1. The van der Waals surface area contributed by atoms with Crippen molar-refractivity contribution >= 4 is 28.9 Å². The lowest BCUT2D eigenvalue weighted by molar-refractivity contribution is -0.203. The van der Waals surface area contributed by atoms with E-state index in [0.717, 1.165) is 5.69 Å². The molecule has 3 aliphatic rings. The molecule has 3 unspecified atom stereocenters. The number of fused-ring (bicyclic) bond motifs is 3. The van der Waals surface area contributed by atoms with Gasteiger partial charge < -0.3 is 26.0 Å². The van der Waals surface area contributed by atoms with Crippen LogP contribution < -0.4 is 10.6 Å². The van der Waals surface area contributed by atoms with Crippen molar-refractivity contribution in [3.63, 3.8) is 0 Å². The third-order valence-corrected chi connectivity index (χ3v) is 8.84. The predicted molar refractivity (Wildman–Crippen MR) is 142 cm³/mol. The average Bonchev–Trinajstić information content (AvgIpc) is 2.86.